The summed E-state index contributed by atoms with van der Waals surface area (Å²) in [5, 5.41) is 19.1. The highest BCUT2D eigenvalue weighted by molar-refractivity contribution is 5.91. The minimum atomic E-state index is -0.204. The van der Waals surface area contributed by atoms with Gasteiger partial charge >= 0.3 is 6.03 Å². The van der Waals surface area contributed by atoms with Gasteiger partial charge in [0, 0.05) is 24.8 Å². The highest BCUT2D eigenvalue weighted by Gasteiger charge is 2.19. The van der Waals surface area contributed by atoms with Gasteiger partial charge in [0.2, 0.25) is 0 Å². The monoisotopic (exact) mass is 493 g/mol. The van der Waals surface area contributed by atoms with E-state index in [0.29, 0.717) is 24.5 Å². The number of aliphatic hydroxyl groups is 1. The fourth-order valence-electron chi connectivity index (χ4n) is 4.42. The van der Waals surface area contributed by atoms with Crippen LogP contribution in [0.15, 0.2) is 54.9 Å². The number of H-pyrrole nitrogens is 1. The number of hydrogen-bond acceptors (Lipinski definition) is 6. The summed E-state index contributed by atoms with van der Waals surface area (Å²) in [5.41, 5.74) is 3.35. The third-order valence-electron chi connectivity index (χ3n) is 6.30. The van der Waals surface area contributed by atoms with E-state index >= 15 is 0 Å². The number of aromatic nitrogens is 2. The maximum Gasteiger partial charge on any atom is 0.322 e. The molecule has 2 heterocycles. The Morgan fingerprint density at radius 1 is 1.19 bits per heavy atom. The zero-order valence-corrected chi connectivity index (χ0v) is 20.8. The summed E-state index contributed by atoms with van der Waals surface area (Å²) in [4.78, 5) is 17.8. The molecule has 9 heteroatoms. The van der Waals surface area contributed by atoms with Crippen LogP contribution in [0.2, 0.25) is 0 Å². The first-order valence-electron chi connectivity index (χ1n) is 12.4. The van der Waals surface area contributed by atoms with E-state index in [-0.39, 0.29) is 19.2 Å². The number of carbonyl (C=O) groups is 1. The summed E-state index contributed by atoms with van der Waals surface area (Å²) in [5.74, 6) is 1.26. The topological polar surface area (TPSA) is 103 Å². The fraction of sp³-hybridized carbons (Fsp3) is 0.407. The van der Waals surface area contributed by atoms with Crippen LogP contribution in [-0.2, 0) is 6.54 Å². The van der Waals surface area contributed by atoms with Crippen molar-refractivity contribution in [3.8, 4) is 22.6 Å². The van der Waals surface area contributed by atoms with Crippen LogP contribution in [0.3, 0.4) is 0 Å². The van der Waals surface area contributed by atoms with Crippen LogP contribution in [0.5, 0.6) is 11.5 Å². The average molecular weight is 494 g/mol. The predicted molar refractivity (Wildman–Crippen MR) is 139 cm³/mol. The first-order chi connectivity index (χ1) is 17.7. The number of aromatic amines is 1. The zero-order chi connectivity index (χ0) is 25.2. The van der Waals surface area contributed by atoms with E-state index in [0.717, 1.165) is 48.5 Å². The maximum absolute atomic E-state index is 13.5. The van der Waals surface area contributed by atoms with Gasteiger partial charge in [0.1, 0.15) is 18.1 Å². The molecule has 0 radical (unpaired) electrons. The van der Waals surface area contributed by atoms with Crippen molar-refractivity contribution in [3.05, 3.63) is 60.4 Å². The lowest BCUT2D eigenvalue weighted by Crippen LogP contribution is -2.36. The summed E-state index contributed by atoms with van der Waals surface area (Å²) in [7, 11) is 1.64. The number of amides is 2. The molecule has 0 spiro atoms. The van der Waals surface area contributed by atoms with Gasteiger partial charge in [-0.2, -0.15) is 5.10 Å². The Hall–Kier alpha value is -3.56. The van der Waals surface area contributed by atoms with Crippen molar-refractivity contribution in [2.45, 2.75) is 25.8 Å². The van der Waals surface area contributed by atoms with E-state index < -0.39 is 0 Å². The lowest BCUT2D eigenvalue weighted by molar-refractivity contribution is 0.200. The van der Waals surface area contributed by atoms with Crippen LogP contribution in [0.1, 0.15) is 24.8 Å². The normalized spacial score (nSPS) is 13.5. The number of rotatable bonds is 12. The molecule has 1 aliphatic rings. The van der Waals surface area contributed by atoms with Gasteiger partial charge in [0.05, 0.1) is 25.6 Å². The summed E-state index contributed by atoms with van der Waals surface area (Å²) in [6, 6.07) is 13.2. The summed E-state index contributed by atoms with van der Waals surface area (Å²) >= 11 is 0. The number of carbonyl (C=O) groups excluding carboxylic acids is 1. The minimum Gasteiger partial charge on any atom is -0.497 e. The molecule has 0 bridgehead atoms. The Morgan fingerprint density at radius 2 is 2.06 bits per heavy atom. The number of urea groups is 1. The molecule has 3 N–H and O–H groups in total. The number of nitrogens with zero attached hydrogens (tertiary/aromatic N) is 3. The van der Waals surface area contributed by atoms with Gasteiger partial charge in [-0.15, -0.1) is 0 Å². The highest BCUT2D eigenvalue weighted by atomic mass is 16.5. The lowest BCUT2D eigenvalue weighted by atomic mass is 10.1. The maximum atomic E-state index is 13.5. The molecule has 2 aromatic carbocycles. The molecular formula is C27H35N5O4. The molecule has 3 aromatic rings. The van der Waals surface area contributed by atoms with Gasteiger partial charge in [0.25, 0.3) is 0 Å². The Labute approximate surface area is 212 Å². The SMILES string of the molecule is COc1cccc(CN(CCCN2CCCC2)C(=O)Nc2ccc(-c3cn[nH]c3)cc2OCCO)c1. The van der Waals surface area contributed by atoms with Crippen molar-refractivity contribution >= 4 is 11.7 Å². The molecule has 9 nitrogen and oxygen atoms in total. The van der Waals surface area contributed by atoms with Crippen molar-refractivity contribution in [1.29, 1.82) is 0 Å². The van der Waals surface area contributed by atoms with Crippen LogP contribution >= 0.6 is 0 Å². The van der Waals surface area contributed by atoms with Crippen molar-refractivity contribution in [1.82, 2.24) is 20.0 Å². The van der Waals surface area contributed by atoms with Crippen LogP contribution < -0.4 is 14.8 Å². The molecule has 0 saturated carbocycles. The lowest BCUT2D eigenvalue weighted by Gasteiger charge is -2.25. The molecule has 1 saturated heterocycles. The largest absolute Gasteiger partial charge is 0.497 e. The van der Waals surface area contributed by atoms with Gasteiger partial charge in [-0.1, -0.05) is 18.2 Å². The molecule has 192 valence electrons. The molecular weight excluding hydrogens is 458 g/mol. The van der Waals surface area contributed by atoms with Gasteiger partial charge in [-0.05, 0) is 74.3 Å². The molecule has 36 heavy (non-hydrogen) atoms. The van der Waals surface area contributed by atoms with Gasteiger partial charge in [0.15, 0.2) is 0 Å². The van der Waals surface area contributed by atoms with E-state index in [1.165, 1.54) is 12.8 Å². The standard InChI is InChI=1S/C27H35N5O4/c1-35-24-7-4-6-21(16-24)20-32(13-5-12-31-10-2-3-11-31)27(34)30-25-9-8-22(23-18-28-29-19-23)17-26(25)36-15-14-33/h4,6-9,16-19,33H,2-3,5,10-15,20H2,1H3,(H,28,29)(H,30,34). The Morgan fingerprint density at radius 3 is 2.81 bits per heavy atom. The smallest absolute Gasteiger partial charge is 0.322 e. The Balaban J connectivity index is 1.50. The number of hydrogen-bond donors (Lipinski definition) is 3. The number of likely N-dealkylation sites (tertiary alicyclic amines) is 1. The van der Waals surface area contributed by atoms with Gasteiger partial charge in [-0.3, -0.25) is 5.10 Å². The molecule has 0 atom stereocenters. The van der Waals surface area contributed by atoms with E-state index in [1.807, 2.05) is 47.4 Å². The second-order valence-corrected chi connectivity index (χ2v) is 8.88. The fourth-order valence-corrected chi connectivity index (χ4v) is 4.42. The molecule has 1 fully saturated rings. The number of methoxy groups -OCH3 is 1. The number of anilines is 1. The first kappa shape index (κ1) is 25.5. The molecule has 1 aromatic heterocycles. The highest BCUT2D eigenvalue weighted by Crippen LogP contribution is 2.31. The summed E-state index contributed by atoms with van der Waals surface area (Å²) in [6.07, 6.45) is 6.91. The number of aliphatic hydroxyl groups excluding tert-OH is 1. The second-order valence-electron chi connectivity index (χ2n) is 8.88. The third-order valence-corrected chi connectivity index (χ3v) is 6.30. The first-order valence-corrected chi connectivity index (χ1v) is 12.4. The van der Waals surface area contributed by atoms with E-state index in [9.17, 15) is 9.90 Å². The summed E-state index contributed by atoms with van der Waals surface area (Å²) in [6.45, 7) is 4.34. The van der Waals surface area contributed by atoms with E-state index in [2.05, 4.69) is 20.4 Å². The second kappa shape index (κ2) is 12.9. The number of benzene rings is 2. The van der Waals surface area contributed by atoms with Crippen LogP contribution in [0, 0.1) is 0 Å². The van der Waals surface area contributed by atoms with Crippen molar-refractivity contribution < 1.29 is 19.4 Å². The predicted octanol–water partition coefficient (Wildman–Crippen LogP) is 3.98. The number of ether oxygens (including phenoxy) is 2. The molecule has 1 aliphatic heterocycles. The molecule has 0 unspecified atom stereocenters. The van der Waals surface area contributed by atoms with Crippen LogP contribution in [0.4, 0.5) is 10.5 Å². The minimum absolute atomic E-state index is 0.123. The quantitative estimate of drug-likeness (QED) is 0.353. The van der Waals surface area contributed by atoms with Crippen molar-refractivity contribution in [3.63, 3.8) is 0 Å². The van der Waals surface area contributed by atoms with E-state index in [4.69, 9.17) is 9.47 Å². The van der Waals surface area contributed by atoms with Crippen molar-refractivity contribution in [2.24, 2.45) is 0 Å². The van der Waals surface area contributed by atoms with Crippen LogP contribution in [-0.4, -0.2) is 77.6 Å². The van der Waals surface area contributed by atoms with Gasteiger partial charge < -0.3 is 29.7 Å². The van der Waals surface area contributed by atoms with Gasteiger partial charge in [-0.25, -0.2) is 4.79 Å². The van der Waals surface area contributed by atoms with E-state index in [1.54, 1.807) is 19.5 Å². The van der Waals surface area contributed by atoms with Crippen LogP contribution in [0.25, 0.3) is 11.1 Å². The Bertz CT molecular complexity index is 1100. The Kier molecular flexibility index (Phi) is 9.18. The molecule has 0 aliphatic carbocycles. The summed E-state index contributed by atoms with van der Waals surface area (Å²) < 4.78 is 11.1. The number of nitrogens with one attached hydrogen (secondary N) is 2. The van der Waals surface area contributed by atoms with Crippen molar-refractivity contribution in [2.75, 3.05) is 51.8 Å². The third kappa shape index (κ3) is 6.99. The zero-order valence-electron chi connectivity index (χ0n) is 20.8. The molecule has 2 amide bonds. The molecule has 4 rings (SSSR count). The average Bonchev–Trinajstić information content (AvgIpc) is 3.62.